The summed E-state index contributed by atoms with van der Waals surface area (Å²) in [6.45, 7) is 4.60. The summed E-state index contributed by atoms with van der Waals surface area (Å²) in [6.07, 6.45) is 1.76. The predicted octanol–water partition coefficient (Wildman–Crippen LogP) is 3.89. The van der Waals surface area contributed by atoms with Gasteiger partial charge < -0.3 is 4.74 Å². The molecule has 0 unspecified atom stereocenters. The van der Waals surface area contributed by atoms with E-state index >= 15 is 0 Å². The molecule has 3 aromatic rings. The van der Waals surface area contributed by atoms with E-state index in [0.717, 1.165) is 27.4 Å². The van der Waals surface area contributed by atoms with Gasteiger partial charge in [-0.05, 0) is 26.0 Å². The third kappa shape index (κ3) is 2.58. The smallest absolute Gasteiger partial charge is 0.140 e. The van der Waals surface area contributed by atoms with Crippen molar-refractivity contribution in [3.8, 4) is 5.75 Å². The molecule has 0 aliphatic heterocycles. The first-order valence-corrected chi connectivity index (χ1v) is 6.94. The van der Waals surface area contributed by atoms with Gasteiger partial charge in [-0.2, -0.15) is 0 Å². The quantitative estimate of drug-likeness (QED) is 0.724. The van der Waals surface area contributed by atoms with Crippen molar-refractivity contribution in [3.63, 3.8) is 0 Å². The molecule has 3 rings (SSSR count). The zero-order valence-corrected chi connectivity index (χ0v) is 11.7. The number of aromatic nitrogens is 2. The van der Waals surface area contributed by atoms with Crippen molar-refractivity contribution in [2.75, 3.05) is 0 Å². The van der Waals surface area contributed by atoms with E-state index in [2.05, 4.69) is 16.9 Å². The van der Waals surface area contributed by atoms with Crippen molar-refractivity contribution in [1.29, 1.82) is 0 Å². The van der Waals surface area contributed by atoms with E-state index in [1.165, 1.54) is 4.88 Å². The summed E-state index contributed by atoms with van der Waals surface area (Å²) in [5.41, 5.74) is 2.07. The van der Waals surface area contributed by atoms with E-state index in [1.807, 2.05) is 37.3 Å². The van der Waals surface area contributed by atoms with Gasteiger partial charge in [0.05, 0.1) is 17.4 Å². The molecule has 4 heteroatoms. The van der Waals surface area contributed by atoms with Crippen LogP contribution in [0.25, 0.3) is 10.9 Å². The lowest BCUT2D eigenvalue weighted by Gasteiger charge is -2.04. The van der Waals surface area contributed by atoms with Gasteiger partial charge in [-0.15, -0.1) is 11.3 Å². The SMILES string of the molecule is Cc1nc(COc2cnc3ccccc3c2)sc1C. The molecule has 0 aliphatic rings. The molecule has 0 spiro atoms. The van der Waals surface area contributed by atoms with Crippen LogP contribution in [0.15, 0.2) is 36.5 Å². The summed E-state index contributed by atoms with van der Waals surface area (Å²) >= 11 is 1.68. The first-order valence-electron chi connectivity index (χ1n) is 6.13. The minimum Gasteiger partial charge on any atom is -0.485 e. The molecule has 0 fully saturated rings. The van der Waals surface area contributed by atoms with Crippen LogP contribution in [0.5, 0.6) is 5.75 Å². The lowest BCUT2D eigenvalue weighted by Crippen LogP contribution is -1.95. The minimum atomic E-state index is 0.499. The summed E-state index contributed by atoms with van der Waals surface area (Å²) in [7, 11) is 0. The third-order valence-electron chi connectivity index (χ3n) is 3.00. The van der Waals surface area contributed by atoms with Crippen LogP contribution in [-0.2, 0) is 6.61 Å². The van der Waals surface area contributed by atoms with Crippen molar-refractivity contribution in [2.45, 2.75) is 20.5 Å². The molecular weight excluding hydrogens is 256 g/mol. The lowest BCUT2D eigenvalue weighted by atomic mass is 10.2. The fraction of sp³-hybridized carbons (Fsp3) is 0.200. The van der Waals surface area contributed by atoms with E-state index in [-0.39, 0.29) is 0 Å². The Hall–Kier alpha value is -1.94. The average molecular weight is 270 g/mol. The predicted molar refractivity (Wildman–Crippen MR) is 77.7 cm³/mol. The molecule has 0 saturated heterocycles. The molecule has 0 bridgehead atoms. The second-order valence-electron chi connectivity index (χ2n) is 4.40. The number of aryl methyl sites for hydroxylation is 2. The molecule has 19 heavy (non-hydrogen) atoms. The first kappa shape index (κ1) is 12.1. The molecule has 0 amide bonds. The summed E-state index contributed by atoms with van der Waals surface area (Å²) in [4.78, 5) is 10.1. The molecule has 0 atom stereocenters. The topological polar surface area (TPSA) is 35.0 Å². The van der Waals surface area contributed by atoms with Gasteiger partial charge in [-0.1, -0.05) is 18.2 Å². The number of pyridine rings is 1. The highest BCUT2D eigenvalue weighted by Crippen LogP contribution is 2.21. The maximum atomic E-state index is 5.75. The molecule has 96 valence electrons. The van der Waals surface area contributed by atoms with Crippen molar-refractivity contribution in [2.24, 2.45) is 0 Å². The van der Waals surface area contributed by atoms with Gasteiger partial charge in [0.1, 0.15) is 17.4 Å². The van der Waals surface area contributed by atoms with E-state index in [4.69, 9.17) is 4.74 Å². The van der Waals surface area contributed by atoms with Gasteiger partial charge in [0.15, 0.2) is 0 Å². The van der Waals surface area contributed by atoms with Gasteiger partial charge in [-0.25, -0.2) is 4.98 Å². The van der Waals surface area contributed by atoms with Crippen molar-refractivity contribution < 1.29 is 4.74 Å². The number of rotatable bonds is 3. The largest absolute Gasteiger partial charge is 0.485 e. The van der Waals surface area contributed by atoms with E-state index in [0.29, 0.717) is 6.61 Å². The summed E-state index contributed by atoms with van der Waals surface area (Å²) in [6, 6.07) is 10.0. The van der Waals surface area contributed by atoms with Crippen molar-refractivity contribution in [3.05, 3.63) is 52.1 Å². The Balaban J connectivity index is 1.78. The Bertz CT molecular complexity index is 701. The number of nitrogens with zero attached hydrogens (tertiary/aromatic N) is 2. The van der Waals surface area contributed by atoms with Crippen LogP contribution < -0.4 is 4.74 Å². The second-order valence-corrected chi connectivity index (χ2v) is 5.69. The highest BCUT2D eigenvalue weighted by molar-refractivity contribution is 7.11. The number of ether oxygens (including phenoxy) is 1. The van der Waals surface area contributed by atoms with E-state index in [9.17, 15) is 0 Å². The second kappa shape index (κ2) is 4.97. The Morgan fingerprint density at radius 1 is 1.21 bits per heavy atom. The van der Waals surface area contributed by atoms with Gasteiger partial charge in [0.2, 0.25) is 0 Å². The Labute approximate surface area is 115 Å². The monoisotopic (exact) mass is 270 g/mol. The number of para-hydroxylation sites is 1. The summed E-state index contributed by atoms with van der Waals surface area (Å²) in [5, 5.41) is 2.09. The number of thiazole rings is 1. The molecule has 3 nitrogen and oxygen atoms in total. The van der Waals surface area contributed by atoms with Crippen LogP contribution in [0.2, 0.25) is 0 Å². The molecule has 0 saturated carbocycles. The standard InChI is InChI=1S/C15H14N2OS/c1-10-11(2)19-15(17-10)9-18-13-7-12-5-3-4-6-14(12)16-8-13/h3-8H,9H2,1-2H3. The molecule has 0 N–H and O–H groups in total. The van der Waals surface area contributed by atoms with Crippen LogP contribution >= 0.6 is 11.3 Å². The van der Waals surface area contributed by atoms with E-state index in [1.54, 1.807) is 17.5 Å². The van der Waals surface area contributed by atoms with Crippen LogP contribution in [0.4, 0.5) is 0 Å². The normalized spacial score (nSPS) is 10.8. The lowest BCUT2D eigenvalue weighted by molar-refractivity contribution is 0.304. The third-order valence-corrected chi connectivity index (χ3v) is 4.05. The van der Waals surface area contributed by atoms with E-state index < -0.39 is 0 Å². The van der Waals surface area contributed by atoms with Gasteiger partial charge in [0.25, 0.3) is 0 Å². The molecule has 2 heterocycles. The summed E-state index contributed by atoms with van der Waals surface area (Å²) < 4.78 is 5.75. The van der Waals surface area contributed by atoms with Gasteiger partial charge >= 0.3 is 0 Å². The first-order chi connectivity index (χ1) is 9.22. The number of hydrogen-bond donors (Lipinski definition) is 0. The molecule has 0 aliphatic carbocycles. The molecular formula is C15H14N2OS. The van der Waals surface area contributed by atoms with Crippen LogP contribution in [0, 0.1) is 13.8 Å². The molecule has 2 aromatic heterocycles. The zero-order valence-electron chi connectivity index (χ0n) is 10.9. The molecule has 0 radical (unpaired) electrons. The minimum absolute atomic E-state index is 0.499. The highest BCUT2D eigenvalue weighted by atomic mass is 32.1. The van der Waals surface area contributed by atoms with Crippen LogP contribution in [0.1, 0.15) is 15.6 Å². The fourth-order valence-electron chi connectivity index (χ4n) is 1.88. The maximum absolute atomic E-state index is 5.75. The Morgan fingerprint density at radius 2 is 2.05 bits per heavy atom. The number of benzene rings is 1. The van der Waals surface area contributed by atoms with Crippen LogP contribution in [0.3, 0.4) is 0 Å². The zero-order chi connectivity index (χ0) is 13.2. The molecule has 1 aromatic carbocycles. The van der Waals surface area contributed by atoms with Crippen molar-refractivity contribution in [1.82, 2.24) is 9.97 Å². The average Bonchev–Trinajstić information content (AvgIpc) is 2.75. The van der Waals surface area contributed by atoms with Crippen LogP contribution in [-0.4, -0.2) is 9.97 Å². The Kier molecular flexibility index (Phi) is 3.17. The Morgan fingerprint density at radius 3 is 2.84 bits per heavy atom. The van der Waals surface area contributed by atoms with Gasteiger partial charge in [0, 0.05) is 10.3 Å². The maximum Gasteiger partial charge on any atom is 0.140 e. The number of fused-ring (bicyclic) bond motifs is 1. The van der Waals surface area contributed by atoms with Crippen molar-refractivity contribution >= 4 is 22.2 Å². The highest BCUT2D eigenvalue weighted by Gasteiger charge is 2.05. The number of hydrogen-bond acceptors (Lipinski definition) is 4. The van der Waals surface area contributed by atoms with Gasteiger partial charge in [-0.3, -0.25) is 4.98 Å². The summed E-state index contributed by atoms with van der Waals surface area (Å²) in [5.74, 6) is 0.782. The fourth-order valence-corrected chi connectivity index (χ4v) is 2.72.